The van der Waals surface area contributed by atoms with Crippen LogP contribution in [0.2, 0.25) is 5.02 Å². The molecule has 0 aromatic heterocycles. The van der Waals surface area contributed by atoms with Crippen LogP contribution in [0.5, 0.6) is 0 Å². The molecule has 3 rings (SSSR count). The zero-order valence-electron chi connectivity index (χ0n) is 10.0. The number of hydrogen-bond donors (Lipinski definition) is 1. The van der Waals surface area contributed by atoms with Gasteiger partial charge in [-0.2, -0.15) is 0 Å². The van der Waals surface area contributed by atoms with Crippen LogP contribution in [0.1, 0.15) is 31.2 Å². The van der Waals surface area contributed by atoms with E-state index in [0.29, 0.717) is 5.41 Å². The van der Waals surface area contributed by atoms with Gasteiger partial charge in [0.15, 0.2) is 0 Å². The van der Waals surface area contributed by atoms with Crippen LogP contribution < -0.4 is 5.73 Å². The third kappa shape index (κ3) is 2.22. The van der Waals surface area contributed by atoms with Crippen LogP contribution in [0.4, 0.5) is 0 Å². The number of halogens is 1. The van der Waals surface area contributed by atoms with E-state index >= 15 is 0 Å². The van der Waals surface area contributed by atoms with Crippen LogP contribution >= 0.6 is 11.6 Å². The van der Waals surface area contributed by atoms with E-state index in [9.17, 15) is 0 Å². The minimum absolute atomic E-state index is 0.278. The standard InChI is InChI=1S/C14H19ClN2/c15-12-5-3-11(4-6-12)14(7-8-14)10-17-9-1-2-13(17)16/h3-6,13H,1-2,7-10,16H2. The highest BCUT2D eigenvalue weighted by atomic mass is 35.5. The van der Waals surface area contributed by atoms with Crippen molar-refractivity contribution in [3.8, 4) is 0 Å². The van der Waals surface area contributed by atoms with Crippen LogP contribution in [0, 0.1) is 0 Å². The Hall–Kier alpha value is -0.570. The van der Waals surface area contributed by atoms with Crippen molar-refractivity contribution >= 4 is 11.6 Å². The molecule has 0 radical (unpaired) electrons. The highest BCUT2D eigenvalue weighted by molar-refractivity contribution is 6.30. The second-order valence-electron chi connectivity index (χ2n) is 5.47. The van der Waals surface area contributed by atoms with E-state index in [2.05, 4.69) is 17.0 Å². The number of benzene rings is 1. The molecule has 0 spiro atoms. The molecule has 2 aliphatic rings. The van der Waals surface area contributed by atoms with Gasteiger partial charge >= 0.3 is 0 Å². The van der Waals surface area contributed by atoms with E-state index in [0.717, 1.165) is 24.5 Å². The molecule has 1 atom stereocenters. The molecule has 1 aliphatic carbocycles. The van der Waals surface area contributed by atoms with Gasteiger partial charge in [-0.3, -0.25) is 4.90 Å². The van der Waals surface area contributed by atoms with Gasteiger partial charge in [0.25, 0.3) is 0 Å². The summed E-state index contributed by atoms with van der Waals surface area (Å²) in [7, 11) is 0. The lowest BCUT2D eigenvalue weighted by Gasteiger charge is -2.27. The first-order valence-electron chi connectivity index (χ1n) is 6.45. The smallest absolute Gasteiger partial charge is 0.0572 e. The number of hydrogen-bond acceptors (Lipinski definition) is 2. The minimum Gasteiger partial charge on any atom is -0.316 e. The zero-order chi connectivity index (χ0) is 11.9. The average Bonchev–Trinajstić information content (AvgIpc) is 2.99. The van der Waals surface area contributed by atoms with E-state index in [1.807, 2.05) is 12.1 Å². The molecule has 1 unspecified atom stereocenters. The maximum Gasteiger partial charge on any atom is 0.0572 e. The molecule has 1 heterocycles. The molecular formula is C14H19ClN2. The molecule has 92 valence electrons. The molecule has 2 fully saturated rings. The number of likely N-dealkylation sites (tertiary alicyclic amines) is 1. The van der Waals surface area contributed by atoms with Crippen LogP contribution in [0.15, 0.2) is 24.3 Å². The van der Waals surface area contributed by atoms with Gasteiger partial charge in [0, 0.05) is 17.0 Å². The molecule has 2 nitrogen and oxygen atoms in total. The molecule has 17 heavy (non-hydrogen) atoms. The van der Waals surface area contributed by atoms with Gasteiger partial charge in [0.2, 0.25) is 0 Å². The summed E-state index contributed by atoms with van der Waals surface area (Å²) in [5.74, 6) is 0. The molecule has 0 bridgehead atoms. The number of nitrogens with two attached hydrogens (primary N) is 1. The fourth-order valence-corrected chi connectivity index (χ4v) is 3.06. The summed E-state index contributed by atoms with van der Waals surface area (Å²) in [5.41, 5.74) is 7.92. The van der Waals surface area contributed by atoms with Crippen LogP contribution in [-0.2, 0) is 5.41 Å². The van der Waals surface area contributed by atoms with Crippen LogP contribution in [0.3, 0.4) is 0 Å². The van der Waals surface area contributed by atoms with Crippen LogP contribution in [-0.4, -0.2) is 24.2 Å². The normalized spacial score (nSPS) is 27.3. The third-order valence-electron chi connectivity index (χ3n) is 4.23. The van der Waals surface area contributed by atoms with Gasteiger partial charge in [-0.25, -0.2) is 0 Å². The summed E-state index contributed by atoms with van der Waals surface area (Å²) in [4.78, 5) is 2.45. The highest BCUT2D eigenvalue weighted by Crippen LogP contribution is 2.49. The van der Waals surface area contributed by atoms with Gasteiger partial charge in [-0.15, -0.1) is 0 Å². The van der Waals surface area contributed by atoms with Crippen molar-refractivity contribution in [1.29, 1.82) is 0 Å². The van der Waals surface area contributed by atoms with Crippen molar-refractivity contribution in [2.24, 2.45) is 5.73 Å². The number of rotatable bonds is 3. The lowest BCUT2D eigenvalue weighted by atomic mass is 9.95. The Labute approximate surface area is 108 Å². The molecule has 1 aliphatic heterocycles. The quantitative estimate of drug-likeness (QED) is 0.894. The minimum atomic E-state index is 0.278. The molecule has 1 aromatic carbocycles. The van der Waals surface area contributed by atoms with Gasteiger partial charge in [0.05, 0.1) is 6.17 Å². The second kappa shape index (κ2) is 4.27. The molecule has 2 N–H and O–H groups in total. The summed E-state index contributed by atoms with van der Waals surface area (Å²) in [6, 6.07) is 8.36. The first kappa shape index (κ1) is 11.5. The summed E-state index contributed by atoms with van der Waals surface area (Å²) >= 11 is 5.95. The monoisotopic (exact) mass is 250 g/mol. The Morgan fingerprint density at radius 2 is 2.00 bits per heavy atom. The maximum atomic E-state index is 6.12. The predicted molar refractivity (Wildman–Crippen MR) is 71.1 cm³/mol. The van der Waals surface area contributed by atoms with Crippen molar-refractivity contribution in [3.63, 3.8) is 0 Å². The van der Waals surface area contributed by atoms with Gasteiger partial charge in [-0.05, 0) is 49.9 Å². The lowest BCUT2D eigenvalue weighted by molar-refractivity contribution is 0.235. The fourth-order valence-electron chi connectivity index (χ4n) is 2.93. The first-order valence-corrected chi connectivity index (χ1v) is 6.83. The van der Waals surface area contributed by atoms with E-state index < -0.39 is 0 Å². The summed E-state index contributed by atoms with van der Waals surface area (Å²) < 4.78 is 0. The topological polar surface area (TPSA) is 29.3 Å². The predicted octanol–water partition coefficient (Wildman–Crippen LogP) is 2.75. The first-order chi connectivity index (χ1) is 8.20. The van der Waals surface area contributed by atoms with Crippen molar-refractivity contribution in [2.75, 3.05) is 13.1 Å². The Kier molecular flexibility index (Phi) is 2.89. The SMILES string of the molecule is NC1CCCN1CC1(c2ccc(Cl)cc2)CC1. The molecule has 0 amide bonds. The largest absolute Gasteiger partial charge is 0.316 e. The highest BCUT2D eigenvalue weighted by Gasteiger charge is 2.46. The number of nitrogens with zero attached hydrogens (tertiary/aromatic N) is 1. The van der Waals surface area contributed by atoms with Crippen molar-refractivity contribution in [3.05, 3.63) is 34.9 Å². The van der Waals surface area contributed by atoms with Crippen LogP contribution in [0.25, 0.3) is 0 Å². The summed E-state index contributed by atoms with van der Waals surface area (Å²) in [5, 5.41) is 0.822. The van der Waals surface area contributed by atoms with Gasteiger partial charge in [0.1, 0.15) is 0 Å². The zero-order valence-corrected chi connectivity index (χ0v) is 10.8. The van der Waals surface area contributed by atoms with Gasteiger partial charge < -0.3 is 5.73 Å². The third-order valence-corrected chi connectivity index (χ3v) is 4.48. The fraction of sp³-hybridized carbons (Fsp3) is 0.571. The molecule has 3 heteroatoms. The Balaban J connectivity index is 1.75. The van der Waals surface area contributed by atoms with Crippen molar-refractivity contribution < 1.29 is 0 Å². The van der Waals surface area contributed by atoms with Crippen molar-refractivity contribution in [2.45, 2.75) is 37.3 Å². The van der Waals surface area contributed by atoms with E-state index in [-0.39, 0.29) is 6.17 Å². The van der Waals surface area contributed by atoms with E-state index in [1.54, 1.807) is 0 Å². The molecule has 1 saturated carbocycles. The summed E-state index contributed by atoms with van der Waals surface area (Å²) in [6.07, 6.45) is 5.25. The average molecular weight is 251 g/mol. The second-order valence-corrected chi connectivity index (χ2v) is 5.90. The Morgan fingerprint density at radius 3 is 2.53 bits per heavy atom. The van der Waals surface area contributed by atoms with Gasteiger partial charge in [-0.1, -0.05) is 23.7 Å². The molecule has 1 saturated heterocycles. The van der Waals surface area contributed by atoms with E-state index in [4.69, 9.17) is 17.3 Å². The summed E-state index contributed by atoms with van der Waals surface area (Å²) in [6.45, 7) is 2.28. The lowest BCUT2D eigenvalue weighted by Crippen LogP contribution is -2.41. The molecular weight excluding hydrogens is 232 g/mol. The molecule has 1 aromatic rings. The maximum absolute atomic E-state index is 6.12. The Bertz CT molecular complexity index is 397. The Morgan fingerprint density at radius 1 is 1.29 bits per heavy atom. The van der Waals surface area contributed by atoms with E-state index in [1.165, 1.54) is 24.8 Å². The van der Waals surface area contributed by atoms with Crippen molar-refractivity contribution in [1.82, 2.24) is 4.90 Å².